The number of nitro groups is 1. The predicted molar refractivity (Wildman–Crippen MR) is 138 cm³/mol. The van der Waals surface area contributed by atoms with Crippen LogP contribution in [-0.2, 0) is 22.7 Å². The molecule has 0 saturated carbocycles. The first-order valence-electron chi connectivity index (χ1n) is 12.6. The number of carbonyl (C=O) groups excluding carboxylic acids is 1. The van der Waals surface area contributed by atoms with Crippen LogP contribution in [0, 0.1) is 27.8 Å². The molecule has 0 bridgehead atoms. The summed E-state index contributed by atoms with van der Waals surface area (Å²) in [7, 11) is 0. The van der Waals surface area contributed by atoms with E-state index >= 15 is 0 Å². The van der Waals surface area contributed by atoms with Gasteiger partial charge in [-0.25, -0.2) is 9.18 Å². The van der Waals surface area contributed by atoms with Crippen LogP contribution in [0.1, 0.15) is 53.6 Å². The Bertz CT molecular complexity index is 1340. The Morgan fingerprint density at radius 1 is 1.11 bits per heavy atom. The Kier molecular flexibility index (Phi) is 7.28. The summed E-state index contributed by atoms with van der Waals surface area (Å²) in [6.07, 6.45) is 0.388. The molecule has 0 radical (unpaired) electrons. The second kappa shape index (κ2) is 10.8. The zero-order chi connectivity index (χ0) is 26.8. The van der Waals surface area contributed by atoms with Gasteiger partial charge in [-0.1, -0.05) is 44.2 Å². The molecule has 198 valence electrons. The van der Waals surface area contributed by atoms with Crippen molar-refractivity contribution in [3.05, 3.63) is 98.8 Å². The average molecular weight is 521 g/mol. The van der Waals surface area contributed by atoms with E-state index in [2.05, 4.69) is 13.8 Å². The molecule has 0 unspecified atom stereocenters. The average Bonchev–Trinajstić information content (AvgIpc) is 2.90. The van der Waals surface area contributed by atoms with E-state index in [-0.39, 0.29) is 24.5 Å². The first-order valence-corrected chi connectivity index (χ1v) is 12.6. The molecule has 38 heavy (non-hydrogen) atoms. The van der Waals surface area contributed by atoms with Crippen LogP contribution in [0.3, 0.4) is 0 Å². The fourth-order valence-corrected chi connectivity index (χ4v) is 5.31. The molecule has 3 atom stereocenters. The standard InChI is InChI=1S/C29H29FN2O6/c1-18-10-19(2)15-31(14-18)25-9-8-21(13-26(25)32(34)35)28(33)36-16-22-11-24(30)12-23-17-37-29(38-27(22)23)20-6-4-3-5-7-20/h3-9,11-13,18-19,29H,10,14-17H2,1-2H3/t18-,19-,29+/m1/s1. The number of anilines is 1. The number of hydrogen-bond acceptors (Lipinski definition) is 7. The Hall–Kier alpha value is -3.98. The third-order valence-electron chi connectivity index (χ3n) is 6.87. The van der Waals surface area contributed by atoms with E-state index in [1.54, 1.807) is 6.07 Å². The summed E-state index contributed by atoms with van der Waals surface area (Å²) >= 11 is 0. The molecule has 8 nitrogen and oxygen atoms in total. The van der Waals surface area contributed by atoms with Crippen LogP contribution in [0.2, 0.25) is 0 Å². The third kappa shape index (κ3) is 5.47. The van der Waals surface area contributed by atoms with Crippen LogP contribution in [-0.4, -0.2) is 24.0 Å². The van der Waals surface area contributed by atoms with Crippen molar-refractivity contribution >= 4 is 17.3 Å². The van der Waals surface area contributed by atoms with E-state index in [1.165, 1.54) is 24.3 Å². The maximum absolute atomic E-state index is 14.3. The summed E-state index contributed by atoms with van der Waals surface area (Å²) in [6.45, 7) is 5.55. The fourth-order valence-electron chi connectivity index (χ4n) is 5.31. The lowest BCUT2D eigenvalue weighted by Crippen LogP contribution is -2.39. The number of piperidine rings is 1. The second-order valence-corrected chi connectivity index (χ2v) is 10.1. The maximum Gasteiger partial charge on any atom is 0.338 e. The number of fused-ring (bicyclic) bond motifs is 1. The lowest BCUT2D eigenvalue weighted by Gasteiger charge is -2.36. The van der Waals surface area contributed by atoms with Crippen molar-refractivity contribution in [3.63, 3.8) is 0 Å². The molecule has 5 rings (SSSR count). The quantitative estimate of drug-likeness (QED) is 0.218. The Labute approximate surface area is 220 Å². The van der Waals surface area contributed by atoms with Crippen molar-refractivity contribution < 1.29 is 28.3 Å². The summed E-state index contributed by atoms with van der Waals surface area (Å²) in [4.78, 5) is 26.3. The van der Waals surface area contributed by atoms with Gasteiger partial charge < -0.3 is 19.1 Å². The van der Waals surface area contributed by atoms with E-state index in [4.69, 9.17) is 14.2 Å². The number of ether oxygens (including phenoxy) is 3. The van der Waals surface area contributed by atoms with Crippen LogP contribution < -0.4 is 9.64 Å². The predicted octanol–water partition coefficient (Wildman–Crippen LogP) is 6.18. The normalized spacial score (nSPS) is 20.8. The Morgan fingerprint density at radius 3 is 2.55 bits per heavy atom. The van der Waals surface area contributed by atoms with E-state index in [9.17, 15) is 19.3 Å². The van der Waals surface area contributed by atoms with Gasteiger partial charge in [0, 0.05) is 35.8 Å². The molecule has 2 aliphatic rings. The minimum absolute atomic E-state index is 0.0511. The van der Waals surface area contributed by atoms with E-state index in [0.717, 1.165) is 12.0 Å². The molecule has 0 amide bonds. The summed E-state index contributed by atoms with van der Waals surface area (Å²) in [5.41, 5.74) is 2.05. The number of halogens is 1. The van der Waals surface area contributed by atoms with Crippen LogP contribution in [0.25, 0.3) is 0 Å². The van der Waals surface area contributed by atoms with Gasteiger partial charge in [-0.05, 0) is 42.5 Å². The smallest absolute Gasteiger partial charge is 0.338 e. The Balaban J connectivity index is 1.34. The largest absolute Gasteiger partial charge is 0.460 e. The van der Waals surface area contributed by atoms with Gasteiger partial charge in [0.1, 0.15) is 23.9 Å². The van der Waals surface area contributed by atoms with Crippen LogP contribution in [0.15, 0.2) is 60.7 Å². The number of esters is 1. The van der Waals surface area contributed by atoms with Gasteiger partial charge in [0.2, 0.25) is 6.29 Å². The summed E-state index contributed by atoms with van der Waals surface area (Å²) < 4.78 is 31.5. The molecule has 3 aromatic rings. The highest BCUT2D eigenvalue weighted by Gasteiger charge is 2.29. The van der Waals surface area contributed by atoms with Crippen molar-refractivity contribution in [3.8, 4) is 5.75 Å². The molecular formula is C29H29FN2O6. The highest BCUT2D eigenvalue weighted by Crippen LogP contribution is 2.37. The van der Waals surface area contributed by atoms with Gasteiger partial charge in [0.05, 0.1) is 17.1 Å². The minimum atomic E-state index is -0.746. The molecule has 0 aromatic heterocycles. The molecule has 0 N–H and O–H groups in total. The van der Waals surface area contributed by atoms with Crippen LogP contribution in [0.5, 0.6) is 5.75 Å². The number of hydrogen-bond donors (Lipinski definition) is 0. The molecule has 9 heteroatoms. The molecule has 2 heterocycles. The molecule has 1 saturated heterocycles. The molecule has 0 aliphatic carbocycles. The SMILES string of the molecule is C[C@@H]1C[C@@H](C)CN(c2ccc(C(=O)OCc3cc(F)cc4c3O[C@@H](c3ccccc3)OC4)cc2[N+](=O)[O-])C1. The number of rotatable bonds is 6. The molecule has 0 spiro atoms. The van der Waals surface area contributed by atoms with Crippen LogP contribution >= 0.6 is 0 Å². The Morgan fingerprint density at radius 2 is 1.84 bits per heavy atom. The highest BCUT2D eigenvalue weighted by atomic mass is 19.1. The van der Waals surface area contributed by atoms with E-state index < -0.39 is 23.0 Å². The number of nitro benzene ring substituents is 1. The van der Waals surface area contributed by atoms with Gasteiger partial charge >= 0.3 is 5.97 Å². The third-order valence-corrected chi connectivity index (χ3v) is 6.87. The van der Waals surface area contributed by atoms with E-state index in [0.29, 0.717) is 47.5 Å². The van der Waals surface area contributed by atoms with Crippen molar-refractivity contribution in [1.82, 2.24) is 0 Å². The molecule has 1 fully saturated rings. The zero-order valence-electron chi connectivity index (χ0n) is 21.3. The lowest BCUT2D eigenvalue weighted by atomic mass is 9.91. The maximum atomic E-state index is 14.3. The van der Waals surface area contributed by atoms with Crippen molar-refractivity contribution in [2.45, 2.75) is 39.8 Å². The first kappa shape index (κ1) is 25.7. The number of benzene rings is 3. The molecule has 3 aromatic carbocycles. The van der Waals surface area contributed by atoms with Crippen molar-refractivity contribution in [1.29, 1.82) is 0 Å². The van der Waals surface area contributed by atoms with Gasteiger partial charge in [0.15, 0.2) is 0 Å². The van der Waals surface area contributed by atoms with Crippen molar-refractivity contribution in [2.24, 2.45) is 11.8 Å². The summed E-state index contributed by atoms with van der Waals surface area (Å²) in [6, 6.07) is 16.3. The van der Waals surface area contributed by atoms with Gasteiger partial charge in [-0.15, -0.1) is 0 Å². The zero-order valence-corrected chi connectivity index (χ0v) is 21.3. The summed E-state index contributed by atoms with van der Waals surface area (Å²) in [5.74, 6) is -0.0348. The summed E-state index contributed by atoms with van der Waals surface area (Å²) in [5, 5.41) is 11.9. The number of nitrogens with zero attached hydrogens (tertiary/aromatic N) is 2. The number of carbonyl (C=O) groups is 1. The molecular weight excluding hydrogens is 491 g/mol. The van der Waals surface area contributed by atoms with E-state index in [1.807, 2.05) is 35.2 Å². The molecule has 2 aliphatic heterocycles. The van der Waals surface area contributed by atoms with Gasteiger partial charge in [-0.2, -0.15) is 0 Å². The van der Waals surface area contributed by atoms with Crippen LogP contribution in [0.4, 0.5) is 15.8 Å². The van der Waals surface area contributed by atoms with Crippen molar-refractivity contribution in [2.75, 3.05) is 18.0 Å². The second-order valence-electron chi connectivity index (χ2n) is 10.1. The minimum Gasteiger partial charge on any atom is -0.460 e. The first-order chi connectivity index (χ1) is 18.3. The highest BCUT2D eigenvalue weighted by molar-refractivity contribution is 5.91. The lowest BCUT2D eigenvalue weighted by molar-refractivity contribution is -0.384. The monoisotopic (exact) mass is 520 g/mol. The van der Waals surface area contributed by atoms with Gasteiger partial charge in [0.25, 0.3) is 5.69 Å². The van der Waals surface area contributed by atoms with Gasteiger partial charge in [-0.3, -0.25) is 10.1 Å². The fraction of sp³-hybridized carbons (Fsp3) is 0.345. The topological polar surface area (TPSA) is 91.1 Å².